The number of anilines is 3. The van der Waals surface area contributed by atoms with Crippen LogP contribution < -0.4 is 4.90 Å². The lowest BCUT2D eigenvalue weighted by atomic mass is 9.66. The predicted octanol–water partition coefficient (Wildman–Crippen LogP) is 17.0. The molecule has 0 aromatic heterocycles. The van der Waals surface area contributed by atoms with Crippen LogP contribution in [0, 0.1) is 0 Å². The maximum absolute atomic E-state index is 2.53. The lowest BCUT2D eigenvalue weighted by molar-refractivity contribution is 0.660. The predicted molar refractivity (Wildman–Crippen MR) is 276 cm³/mol. The summed E-state index contributed by atoms with van der Waals surface area (Å²) in [5.41, 5.74) is 23.5. The van der Waals surface area contributed by atoms with Crippen molar-refractivity contribution >= 4 is 27.8 Å². The van der Waals surface area contributed by atoms with Gasteiger partial charge in [0.05, 0.1) is 5.41 Å². The Bertz CT molecular complexity index is 3430. The van der Waals surface area contributed by atoms with E-state index in [1.54, 1.807) is 0 Å². The van der Waals surface area contributed by atoms with Crippen LogP contribution in [0.15, 0.2) is 224 Å². The second kappa shape index (κ2) is 14.1. The van der Waals surface area contributed by atoms with Crippen LogP contribution in [0.2, 0.25) is 0 Å². The Balaban J connectivity index is 1.12. The number of rotatable bonds is 6. The van der Waals surface area contributed by atoms with Gasteiger partial charge in [-0.15, -0.1) is 0 Å². The van der Waals surface area contributed by atoms with Crippen molar-refractivity contribution in [3.05, 3.63) is 269 Å². The highest BCUT2D eigenvalue weighted by molar-refractivity contribution is 6.07. The van der Waals surface area contributed by atoms with E-state index in [-0.39, 0.29) is 10.8 Å². The molecule has 1 nitrogen and oxygen atoms in total. The summed E-state index contributed by atoms with van der Waals surface area (Å²) >= 11 is 0. The zero-order chi connectivity index (χ0) is 44.4. The van der Waals surface area contributed by atoms with Crippen molar-refractivity contribution < 1.29 is 0 Å². The molecule has 0 N–H and O–H groups in total. The number of benzene rings is 10. The van der Waals surface area contributed by atoms with Crippen LogP contribution in [0.4, 0.5) is 17.1 Å². The summed E-state index contributed by atoms with van der Waals surface area (Å²) in [5, 5.41) is 2.51. The number of hydrogen-bond acceptors (Lipinski definition) is 1. The summed E-state index contributed by atoms with van der Waals surface area (Å²) in [6.07, 6.45) is 0. The molecule has 0 saturated heterocycles. The normalized spacial score (nSPS) is 15.0. The third-order valence-electron chi connectivity index (χ3n) is 15.5. The SMILES string of the molecule is CC1(C)c2ccccc2-c2ccc(N(c3ccc4c(c3)-c3c(-c5ccccc5)cc5ccccc5c3C4(c3ccccc3)c3ccccc3)c3ccc4c(c3)C(C)(C)c3ccccc3-4)cc21. The van der Waals surface area contributed by atoms with Crippen molar-refractivity contribution in [3.8, 4) is 44.5 Å². The molecular weight excluding hydrogens is 795 g/mol. The molecule has 0 spiro atoms. The first-order valence-corrected chi connectivity index (χ1v) is 23.4. The van der Waals surface area contributed by atoms with E-state index in [1.807, 2.05) is 0 Å². The fourth-order valence-electron chi connectivity index (χ4n) is 12.5. The maximum atomic E-state index is 2.53. The molecule has 0 radical (unpaired) electrons. The molecule has 66 heavy (non-hydrogen) atoms. The first kappa shape index (κ1) is 38.7. The third-order valence-corrected chi connectivity index (χ3v) is 15.5. The van der Waals surface area contributed by atoms with Crippen molar-refractivity contribution in [1.82, 2.24) is 0 Å². The van der Waals surface area contributed by atoms with E-state index in [0.29, 0.717) is 0 Å². The largest absolute Gasteiger partial charge is 0.310 e. The second-order valence-electron chi connectivity index (χ2n) is 19.6. The third kappa shape index (κ3) is 5.29. The zero-order valence-corrected chi connectivity index (χ0v) is 37.8. The molecule has 0 fully saturated rings. The minimum atomic E-state index is -0.590. The van der Waals surface area contributed by atoms with Crippen LogP contribution in [0.5, 0.6) is 0 Å². The van der Waals surface area contributed by atoms with Crippen LogP contribution >= 0.6 is 0 Å². The van der Waals surface area contributed by atoms with Crippen LogP contribution in [-0.2, 0) is 16.2 Å². The summed E-state index contributed by atoms with van der Waals surface area (Å²) in [6.45, 7) is 9.54. The summed E-state index contributed by atoms with van der Waals surface area (Å²) in [6, 6.07) is 84.7. The lowest BCUT2D eigenvalue weighted by Gasteiger charge is -2.35. The topological polar surface area (TPSA) is 3.24 Å². The first-order valence-electron chi connectivity index (χ1n) is 23.4. The van der Waals surface area contributed by atoms with Crippen LogP contribution in [0.3, 0.4) is 0 Å². The van der Waals surface area contributed by atoms with Crippen molar-refractivity contribution in [2.45, 2.75) is 43.9 Å². The summed E-state index contributed by atoms with van der Waals surface area (Å²) < 4.78 is 0. The van der Waals surface area contributed by atoms with Crippen molar-refractivity contribution in [2.24, 2.45) is 0 Å². The molecule has 0 amide bonds. The van der Waals surface area contributed by atoms with Gasteiger partial charge in [-0.3, -0.25) is 0 Å². The lowest BCUT2D eigenvalue weighted by Crippen LogP contribution is -2.29. The molecule has 10 aromatic carbocycles. The standard InChI is InChI=1S/C65H49N/c1-63(2)56-30-18-16-28-50(56)52-35-32-47(40-59(52)63)66(48-33-36-53-51-29-17-19-31-57(51)64(3,4)60(53)41-48)46-34-37-58-55(39-46)61-54(42-20-8-5-9-21-42)38-43-22-14-15-27-49(43)62(61)65(58,44-23-10-6-11-24-44)45-25-12-7-13-26-45/h5-41H,1-4H3. The Kier molecular flexibility index (Phi) is 8.28. The Morgan fingerprint density at radius 3 is 1.35 bits per heavy atom. The van der Waals surface area contributed by atoms with Gasteiger partial charge < -0.3 is 4.90 Å². The highest BCUT2D eigenvalue weighted by Gasteiger charge is 2.49. The summed E-state index contributed by atoms with van der Waals surface area (Å²) in [7, 11) is 0. The van der Waals surface area contributed by atoms with E-state index >= 15 is 0 Å². The van der Waals surface area contributed by atoms with Gasteiger partial charge in [0.2, 0.25) is 0 Å². The van der Waals surface area contributed by atoms with Crippen LogP contribution in [0.25, 0.3) is 55.3 Å². The zero-order valence-electron chi connectivity index (χ0n) is 37.8. The molecule has 0 saturated carbocycles. The Morgan fingerprint density at radius 2 is 0.773 bits per heavy atom. The molecular formula is C65H49N. The van der Waals surface area contributed by atoms with Crippen molar-refractivity contribution in [2.75, 3.05) is 4.90 Å². The summed E-state index contributed by atoms with van der Waals surface area (Å²) in [4.78, 5) is 2.53. The molecule has 0 unspecified atom stereocenters. The summed E-state index contributed by atoms with van der Waals surface area (Å²) in [5.74, 6) is 0. The number of nitrogens with zero attached hydrogens (tertiary/aromatic N) is 1. The molecule has 10 aromatic rings. The van der Waals surface area contributed by atoms with Gasteiger partial charge in [0.25, 0.3) is 0 Å². The molecule has 1 heteroatoms. The van der Waals surface area contributed by atoms with E-state index < -0.39 is 5.41 Å². The molecule has 0 heterocycles. The average Bonchev–Trinajstić information content (AvgIpc) is 3.89. The average molecular weight is 844 g/mol. The van der Waals surface area contributed by atoms with Gasteiger partial charge in [-0.05, 0) is 142 Å². The monoisotopic (exact) mass is 843 g/mol. The van der Waals surface area contributed by atoms with Gasteiger partial charge in [-0.1, -0.05) is 210 Å². The quantitative estimate of drug-likeness (QED) is 0.161. The van der Waals surface area contributed by atoms with Gasteiger partial charge in [-0.25, -0.2) is 0 Å². The van der Waals surface area contributed by atoms with E-state index in [1.165, 1.54) is 99.8 Å². The minimum Gasteiger partial charge on any atom is -0.310 e. The number of hydrogen-bond donors (Lipinski definition) is 0. The highest BCUT2D eigenvalue weighted by atomic mass is 15.1. The molecule has 13 rings (SSSR count). The second-order valence-corrected chi connectivity index (χ2v) is 19.6. The molecule has 3 aliphatic carbocycles. The van der Waals surface area contributed by atoms with E-state index in [9.17, 15) is 0 Å². The minimum absolute atomic E-state index is 0.150. The molecule has 314 valence electrons. The first-order chi connectivity index (χ1) is 32.3. The smallest absolute Gasteiger partial charge is 0.0719 e. The molecule has 0 bridgehead atoms. The molecule has 3 aliphatic rings. The van der Waals surface area contributed by atoms with E-state index in [0.717, 1.165) is 17.1 Å². The van der Waals surface area contributed by atoms with Gasteiger partial charge in [0.1, 0.15) is 0 Å². The van der Waals surface area contributed by atoms with Crippen molar-refractivity contribution in [1.29, 1.82) is 0 Å². The fourth-order valence-corrected chi connectivity index (χ4v) is 12.5. The van der Waals surface area contributed by atoms with Crippen molar-refractivity contribution in [3.63, 3.8) is 0 Å². The maximum Gasteiger partial charge on any atom is 0.0719 e. The van der Waals surface area contributed by atoms with Gasteiger partial charge in [0.15, 0.2) is 0 Å². The fraction of sp³-hybridized carbons (Fsp3) is 0.108. The van der Waals surface area contributed by atoms with E-state index in [2.05, 4.69) is 257 Å². The highest BCUT2D eigenvalue weighted by Crippen LogP contribution is 2.62. The van der Waals surface area contributed by atoms with E-state index in [4.69, 9.17) is 0 Å². The van der Waals surface area contributed by atoms with Crippen LogP contribution in [0.1, 0.15) is 72.2 Å². The number of fused-ring (bicyclic) bond motifs is 11. The van der Waals surface area contributed by atoms with Gasteiger partial charge in [-0.2, -0.15) is 0 Å². The Labute approximate surface area is 388 Å². The van der Waals surface area contributed by atoms with Crippen LogP contribution in [-0.4, -0.2) is 0 Å². The molecule has 0 aliphatic heterocycles. The Hall–Kier alpha value is -7.74. The molecule has 0 atom stereocenters. The Morgan fingerprint density at radius 1 is 0.318 bits per heavy atom. The van der Waals surface area contributed by atoms with Gasteiger partial charge >= 0.3 is 0 Å². The van der Waals surface area contributed by atoms with Gasteiger partial charge in [0, 0.05) is 27.9 Å².